The molecule has 0 saturated heterocycles. The summed E-state index contributed by atoms with van der Waals surface area (Å²) in [5, 5.41) is 12.1. The number of nitrogens with zero attached hydrogens (tertiary/aromatic N) is 3. The number of pyridine rings is 1. The first kappa shape index (κ1) is 14.0. The molecule has 4 nitrogen and oxygen atoms in total. The Morgan fingerprint density at radius 3 is 2.65 bits per heavy atom. The molecule has 0 radical (unpaired) electrons. The summed E-state index contributed by atoms with van der Waals surface area (Å²) in [6.45, 7) is 2.07. The van der Waals surface area contributed by atoms with Gasteiger partial charge in [-0.25, -0.2) is 0 Å². The number of hydrogen-bond donors (Lipinski definition) is 1. The van der Waals surface area contributed by atoms with E-state index in [0.29, 0.717) is 5.56 Å². The second kappa shape index (κ2) is 6.18. The fourth-order valence-corrected chi connectivity index (χ4v) is 1.93. The third kappa shape index (κ3) is 2.95. The minimum Gasteiger partial charge on any atom is -0.343 e. The third-order valence-electron chi connectivity index (χ3n) is 3.40. The standard InChI is InChI=1S/C16H18N4/c1-12(18-2)16-8-7-15(11-19-16)20(3)14-6-4-5-13(9-14)10-17/h4-9,11-12,18H,1-3H3. The van der Waals surface area contributed by atoms with Gasteiger partial charge in [-0.3, -0.25) is 4.98 Å². The maximum atomic E-state index is 8.95. The van der Waals surface area contributed by atoms with E-state index < -0.39 is 0 Å². The van der Waals surface area contributed by atoms with Crippen LogP contribution in [0.1, 0.15) is 24.2 Å². The highest BCUT2D eigenvalue weighted by molar-refractivity contribution is 5.63. The Bertz CT molecular complexity index is 613. The molecule has 1 aromatic carbocycles. The van der Waals surface area contributed by atoms with Gasteiger partial charge in [0.1, 0.15) is 0 Å². The van der Waals surface area contributed by atoms with Crippen LogP contribution in [0.4, 0.5) is 11.4 Å². The van der Waals surface area contributed by atoms with Crippen molar-refractivity contribution in [1.82, 2.24) is 10.3 Å². The van der Waals surface area contributed by atoms with Crippen molar-refractivity contribution in [2.24, 2.45) is 0 Å². The molecule has 1 N–H and O–H groups in total. The molecular formula is C16H18N4. The molecule has 0 aliphatic heterocycles. The number of rotatable bonds is 4. The van der Waals surface area contributed by atoms with Crippen molar-refractivity contribution in [2.75, 3.05) is 19.0 Å². The van der Waals surface area contributed by atoms with Gasteiger partial charge in [-0.1, -0.05) is 6.07 Å². The van der Waals surface area contributed by atoms with E-state index in [1.165, 1.54) is 0 Å². The van der Waals surface area contributed by atoms with Crippen molar-refractivity contribution in [3.8, 4) is 6.07 Å². The van der Waals surface area contributed by atoms with E-state index in [1.54, 1.807) is 6.07 Å². The summed E-state index contributed by atoms with van der Waals surface area (Å²) in [5.74, 6) is 0. The van der Waals surface area contributed by atoms with E-state index in [4.69, 9.17) is 5.26 Å². The average Bonchev–Trinajstić information content (AvgIpc) is 2.53. The Morgan fingerprint density at radius 2 is 2.05 bits per heavy atom. The predicted octanol–water partition coefficient (Wildman–Crippen LogP) is 3.00. The van der Waals surface area contributed by atoms with Crippen LogP contribution in [0.2, 0.25) is 0 Å². The Balaban J connectivity index is 2.24. The van der Waals surface area contributed by atoms with Crippen LogP contribution in [-0.4, -0.2) is 19.1 Å². The molecule has 1 heterocycles. The second-order valence-electron chi connectivity index (χ2n) is 4.67. The lowest BCUT2D eigenvalue weighted by atomic mass is 10.2. The molecule has 4 heteroatoms. The first-order valence-corrected chi connectivity index (χ1v) is 6.53. The number of nitrogens with one attached hydrogen (secondary N) is 1. The van der Waals surface area contributed by atoms with E-state index >= 15 is 0 Å². The highest BCUT2D eigenvalue weighted by Gasteiger charge is 2.07. The number of anilines is 2. The smallest absolute Gasteiger partial charge is 0.0992 e. The van der Waals surface area contributed by atoms with Crippen LogP contribution in [0.5, 0.6) is 0 Å². The first-order valence-electron chi connectivity index (χ1n) is 6.53. The van der Waals surface area contributed by atoms with Gasteiger partial charge in [0.2, 0.25) is 0 Å². The summed E-state index contributed by atoms with van der Waals surface area (Å²) < 4.78 is 0. The molecule has 102 valence electrons. The second-order valence-corrected chi connectivity index (χ2v) is 4.67. The molecule has 0 fully saturated rings. The molecule has 0 saturated carbocycles. The fraction of sp³-hybridized carbons (Fsp3) is 0.250. The minimum absolute atomic E-state index is 0.233. The molecule has 0 spiro atoms. The largest absolute Gasteiger partial charge is 0.343 e. The van der Waals surface area contributed by atoms with Crippen LogP contribution in [-0.2, 0) is 0 Å². The monoisotopic (exact) mass is 266 g/mol. The van der Waals surface area contributed by atoms with Crippen LogP contribution < -0.4 is 10.2 Å². The number of aromatic nitrogens is 1. The highest BCUT2D eigenvalue weighted by atomic mass is 15.1. The van der Waals surface area contributed by atoms with Gasteiger partial charge >= 0.3 is 0 Å². The van der Waals surface area contributed by atoms with Crippen molar-refractivity contribution in [3.05, 3.63) is 53.9 Å². The quantitative estimate of drug-likeness (QED) is 0.924. The molecule has 2 rings (SSSR count). The maximum absolute atomic E-state index is 8.95. The minimum atomic E-state index is 0.233. The van der Waals surface area contributed by atoms with Crippen LogP contribution in [0.3, 0.4) is 0 Å². The fourth-order valence-electron chi connectivity index (χ4n) is 1.93. The summed E-state index contributed by atoms with van der Waals surface area (Å²) in [6.07, 6.45) is 1.85. The van der Waals surface area contributed by atoms with Gasteiger partial charge < -0.3 is 10.2 Å². The maximum Gasteiger partial charge on any atom is 0.0992 e. The highest BCUT2D eigenvalue weighted by Crippen LogP contribution is 2.24. The Labute approximate surface area is 119 Å². The van der Waals surface area contributed by atoms with Gasteiger partial charge in [0.25, 0.3) is 0 Å². The van der Waals surface area contributed by atoms with Crippen molar-refractivity contribution in [2.45, 2.75) is 13.0 Å². The molecule has 2 aromatic rings. The molecule has 1 aromatic heterocycles. The van der Waals surface area contributed by atoms with E-state index in [0.717, 1.165) is 17.1 Å². The van der Waals surface area contributed by atoms with Gasteiger partial charge in [-0.05, 0) is 44.3 Å². The zero-order valence-corrected chi connectivity index (χ0v) is 12.0. The van der Waals surface area contributed by atoms with Gasteiger partial charge in [0.05, 0.1) is 29.2 Å². The molecule has 0 bridgehead atoms. The summed E-state index contributed by atoms with van der Waals surface area (Å²) in [7, 11) is 3.88. The first-order chi connectivity index (χ1) is 9.65. The molecule has 1 atom stereocenters. The lowest BCUT2D eigenvalue weighted by molar-refractivity contribution is 0.633. The Morgan fingerprint density at radius 1 is 1.25 bits per heavy atom. The predicted molar refractivity (Wildman–Crippen MR) is 80.9 cm³/mol. The summed E-state index contributed by atoms with van der Waals surface area (Å²) in [6, 6.07) is 14.0. The summed E-state index contributed by atoms with van der Waals surface area (Å²) >= 11 is 0. The topological polar surface area (TPSA) is 52.0 Å². The van der Waals surface area contributed by atoms with Crippen molar-refractivity contribution < 1.29 is 0 Å². The molecule has 0 amide bonds. The molecule has 0 aliphatic rings. The molecule has 1 unspecified atom stereocenters. The van der Waals surface area contributed by atoms with Crippen molar-refractivity contribution >= 4 is 11.4 Å². The zero-order chi connectivity index (χ0) is 14.5. The van der Waals surface area contributed by atoms with Crippen LogP contribution in [0, 0.1) is 11.3 Å². The SMILES string of the molecule is CNC(C)c1ccc(N(C)c2cccc(C#N)c2)cn1. The normalized spacial score (nSPS) is 11.7. The average molecular weight is 266 g/mol. The summed E-state index contributed by atoms with van der Waals surface area (Å²) in [4.78, 5) is 6.48. The van der Waals surface area contributed by atoms with Gasteiger partial charge in [0.15, 0.2) is 0 Å². The van der Waals surface area contributed by atoms with Crippen molar-refractivity contribution in [3.63, 3.8) is 0 Å². The molecule has 20 heavy (non-hydrogen) atoms. The van der Waals surface area contributed by atoms with E-state index in [1.807, 2.05) is 55.5 Å². The molecule has 0 aliphatic carbocycles. The van der Waals surface area contributed by atoms with Gasteiger partial charge in [0, 0.05) is 18.8 Å². The van der Waals surface area contributed by atoms with E-state index in [-0.39, 0.29) is 6.04 Å². The van der Waals surface area contributed by atoms with Gasteiger partial charge in [-0.2, -0.15) is 5.26 Å². The number of hydrogen-bond acceptors (Lipinski definition) is 4. The lowest BCUT2D eigenvalue weighted by Gasteiger charge is -2.20. The molecular weight excluding hydrogens is 248 g/mol. The van der Waals surface area contributed by atoms with Crippen LogP contribution in [0.25, 0.3) is 0 Å². The van der Waals surface area contributed by atoms with Crippen molar-refractivity contribution in [1.29, 1.82) is 5.26 Å². The van der Waals surface area contributed by atoms with Gasteiger partial charge in [-0.15, -0.1) is 0 Å². The lowest BCUT2D eigenvalue weighted by Crippen LogP contribution is -2.15. The van der Waals surface area contributed by atoms with Crippen LogP contribution in [0.15, 0.2) is 42.6 Å². The third-order valence-corrected chi connectivity index (χ3v) is 3.40. The van der Waals surface area contributed by atoms with E-state index in [9.17, 15) is 0 Å². The van der Waals surface area contributed by atoms with E-state index in [2.05, 4.69) is 23.3 Å². The zero-order valence-electron chi connectivity index (χ0n) is 12.0. The van der Waals surface area contributed by atoms with Crippen LogP contribution >= 0.6 is 0 Å². The number of nitriles is 1. The Kier molecular flexibility index (Phi) is 4.34. The number of benzene rings is 1. The Hall–Kier alpha value is -2.38. The summed E-state index contributed by atoms with van der Waals surface area (Å²) in [5.41, 5.74) is 3.63.